The second kappa shape index (κ2) is 8.39. The Morgan fingerprint density at radius 1 is 1.09 bits per heavy atom. The Balaban J connectivity index is 1.82. The van der Waals surface area contributed by atoms with Crippen molar-refractivity contribution in [2.45, 2.75) is 19.4 Å². The maximum absolute atomic E-state index is 13.7. The number of carbonyl (C=O) groups excluding carboxylic acids is 1. The first kappa shape index (κ1) is 17.1. The third-order valence-electron chi connectivity index (χ3n) is 3.54. The van der Waals surface area contributed by atoms with Crippen LogP contribution >= 0.6 is 0 Å². The third-order valence-corrected chi connectivity index (χ3v) is 3.54. The standard InChI is InChI=1S/C18H19F2NO2/c1-23-18(22)14-8-9-17(20)13(11-14)6-4-10-21-12-15-5-2-3-7-16(15)19/h2-3,5,7-9,11,21H,4,6,10,12H2,1H3. The van der Waals surface area contributed by atoms with Gasteiger partial charge in [-0.25, -0.2) is 13.6 Å². The molecule has 0 radical (unpaired) electrons. The molecule has 5 heteroatoms. The number of hydrogen-bond acceptors (Lipinski definition) is 3. The first-order valence-corrected chi connectivity index (χ1v) is 7.42. The summed E-state index contributed by atoms with van der Waals surface area (Å²) < 4.78 is 31.8. The summed E-state index contributed by atoms with van der Waals surface area (Å²) in [6.07, 6.45) is 1.16. The summed E-state index contributed by atoms with van der Waals surface area (Å²) >= 11 is 0. The fraction of sp³-hybridized carbons (Fsp3) is 0.278. The van der Waals surface area contributed by atoms with Crippen LogP contribution in [0, 0.1) is 11.6 Å². The van der Waals surface area contributed by atoms with Crippen LogP contribution in [0.3, 0.4) is 0 Å². The molecule has 0 unspecified atom stereocenters. The first-order valence-electron chi connectivity index (χ1n) is 7.42. The number of benzene rings is 2. The lowest BCUT2D eigenvalue weighted by Gasteiger charge is -2.08. The predicted molar refractivity (Wildman–Crippen MR) is 84.2 cm³/mol. The molecule has 0 fully saturated rings. The number of hydrogen-bond donors (Lipinski definition) is 1. The summed E-state index contributed by atoms with van der Waals surface area (Å²) in [5.41, 5.74) is 1.41. The molecule has 0 saturated carbocycles. The molecule has 23 heavy (non-hydrogen) atoms. The number of carbonyl (C=O) groups is 1. The van der Waals surface area contributed by atoms with Crippen molar-refractivity contribution in [1.29, 1.82) is 0 Å². The number of nitrogens with one attached hydrogen (secondary N) is 1. The van der Waals surface area contributed by atoms with Gasteiger partial charge in [0.1, 0.15) is 11.6 Å². The molecule has 2 aromatic rings. The maximum atomic E-state index is 13.7. The molecular weight excluding hydrogens is 300 g/mol. The summed E-state index contributed by atoms with van der Waals surface area (Å²) in [7, 11) is 1.29. The maximum Gasteiger partial charge on any atom is 0.337 e. The van der Waals surface area contributed by atoms with Gasteiger partial charge in [-0.05, 0) is 49.2 Å². The van der Waals surface area contributed by atoms with Crippen molar-refractivity contribution in [2.24, 2.45) is 0 Å². The summed E-state index contributed by atoms with van der Waals surface area (Å²) in [5, 5.41) is 3.13. The van der Waals surface area contributed by atoms with E-state index >= 15 is 0 Å². The number of rotatable bonds is 7. The Morgan fingerprint density at radius 2 is 1.83 bits per heavy atom. The molecule has 0 atom stereocenters. The van der Waals surface area contributed by atoms with E-state index in [1.54, 1.807) is 18.2 Å². The van der Waals surface area contributed by atoms with Crippen molar-refractivity contribution in [3.63, 3.8) is 0 Å². The highest BCUT2D eigenvalue weighted by molar-refractivity contribution is 5.89. The molecular formula is C18H19F2NO2. The summed E-state index contributed by atoms with van der Waals surface area (Å²) in [5.74, 6) is -1.06. The van der Waals surface area contributed by atoms with E-state index in [1.807, 2.05) is 0 Å². The lowest BCUT2D eigenvalue weighted by atomic mass is 10.1. The average molecular weight is 319 g/mol. The minimum atomic E-state index is -0.482. The SMILES string of the molecule is COC(=O)c1ccc(F)c(CCCNCc2ccccc2F)c1. The minimum Gasteiger partial charge on any atom is -0.465 e. The van der Waals surface area contributed by atoms with E-state index in [2.05, 4.69) is 10.1 Å². The molecule has 0 bridgehead atoms. The van der Waals surface area contributed by atoms with E-state index in [1.165, 1.54) is 31.4 Å². The molecule has 3 nitrogen and oxygen atoms in total. The van der Waals surface area contributed by atoms with Crippen LogP contribution in [0.15, 0.2) is 42.5 Å². The Labute approximate surface area is 134 Å². The van der Waals surface area contributed by atoms with Crippen LogP contribution in [0.1, 0.15) is 27.9 Å². The second-order valence-corrected chi connectivity index (χ2v) is 5.17. The van der Waals surface area contributed by atoms with E-state index in [0.717, 1.165) is 0 Å². The van der Waals surface area contributed by atoms with Gasteiger partial charge in [-0.2, -0.15) is 0 Å². The van der Waals surface area contributed by atoms with Crippen molar-refractivity contribution >= 4 is 5.97 Å². The third kappa shape index (κ3) is 4.86. The predicted octanol–water partition coefficient (Wildman–Crippen LogP) is 3.47. The topological polar surface area (TPSA) is 38.3 Å². The molecule has 0 spiro atoms. The number of esters is 1. The number of methoxy groups -OCH3 is 1. The van der Waals surface area contributed by atoms with Gasteiger partial charge in [0.25, 0.3) is 0 Å². The van der Waals surface area contributed by atoms with E-state index in [9.17, 15) is 13.6 Å². The smallest absolute Gasteiger partial charge is 0.337 e. The molecule has 0 aliphatic carbocycles. The zero-order valence-corrected chi connectivity index (χ0v) is 12.9. The Morgan fingerprint density at radius 3 is 2.57 bits per heavy atom. The molecule has 0 aliphatic rings. The van der Waals surface area contributed by atoms with Gasteiger partial charge >= 0.3 is 5.97 Å². The van der Waals surface area contributed by atoms with Crippen LogP contribution in [0.2, 0.25) is 0 Å². The normalized spacial score (nSPS) is 10.6. The van der Waals surface area contributed by atoms with Gasteiger partial charge in [-0.3, -0.25) is 0 Å². The van der Waals surface area contributed by atoms with Gasteiger partial charge in [0, 0.05) is 12.1 Å². The molecule has 0 aromatic heterocycles. The Kier molecular flexibility index (Phi) is 6.23. The van der Waals surface area contributed by atoms with Crippen LogP contribution in [0.5, 0.6) is 0 Å². The van der Waals surface area contributed by atoms with Gasteiger partial charge in [-0.1, -0.05) is 18.2 Å². The van der Waals surface area contributed by atoms with Gasteiger partial charge in [0.2, 0.25) is 0 Å². The van der Waals surface area contributed by atoms with Crippen molar-refractivity contribution in [2.75, 3.05) is 13.7 Å². The largest absolute Gasteiger partial charge is 0.465 e. The van der Waals surface area contributed by atoms with Crippen molar-refractivity contribution in [3.8, 4) is 0 Å². The first-order chi connectivity index (χ1) is 11.1. The van der Waals surface area contributed by atoms with Gasteiger partial charge in [0.15, 0.2) is 0 Å². The van der Waals surface area contributed by atoms with Crippen molar-refractivity contribution in [1.82, 2.24) is 5.32 Å². The quantitative estimate of drug-likeness (QED) is 0.627. The van der Waals surface area contributed by atoms with Gasteiger partial charge in [0.05, 0.1) is 12.7 Å². The fourth-order valence-electron chi connectivity index (χ4n) is 2.28. The lowest BCUT2D eigenvalue weighted by molar-refractivity contribution is 0.0600. The van der Waals surface area contributed by atoms with E-state index in [0.29, 0.717) is 42.6 Å². The van der Waals surface area contributed by atoms with Crippen molar-refractivity contribution in [3.05, 3.63) is 70.8 Å². The zero-order chi connectivity index (χ0) is 16.7. The van der Waals surface area contributed by atoms with Crippen LogP contribution in [0.25, 0.3) is 0 Å². The van der Waals surface area contributed by atoms with E-state index in [4.69, 9.17) is 0 Å². The number of halogens is 2. The van der Waals surface area contributed by atoms with Gasteiger partial charge < -0.3 is 10.1 Å². The molecule has 0 aliphatic heterocycles. The molecule has 122 valence electrons. The highest BCUT2D eigenvalue weighted by Gasteiger charge is 2.09. The molecule has 0 amide bonds. The number of aryl methyl sites for hydroxylation is 1. The number of ether oxygens (including phenoxy) is 1. The molecule has 0 heterocycles. The monoisotopic (exact) mass is 319 g/mol. The lowest BCUT2D eigenvalue weighted by Crippen LogP contribution is -2.16. The van der Waals surface area contributed by atoms with Crippen LogP contribution in [-0.4, -0.2) is 19.6 Å². The second-order valence-electron chi connectivity index (χ2n) is 5.17. The molecule has 1 N–H and O–H groups in total. The van der Waals surface area contributed by atoms with Crippen LogP contribution < -0.4 is 5.32 Å². The Hall–Kier alpha value is -2.27. The van der Waals surface area contributed by atoms with Crippen molar-refractivity contribution < 1.29 is 18.3 Å². The molecule has 2 rings (SSSR count). The highest BCUT2D eigenvalue weighted by Crippen LogP contribution is 2.13. The van der Waals surface area contributed by atoms with E-state index < -0.39 is 5.97 Å². The summed E-state index contributed by atoms with van der Waals surface area (Å²) in [4.78, 5) is 11.4. The van der Waals surface area contributed by atoms with E-state index in [-0.39, 0.29) is 11.6 Å². The van der Waals surface area contributed by atoms with Crippen LogP contribution in [0.4, 0.5) is 8.78 Å². The summed E-state index contributed by atoms with van der Waals surface area (Å²) in [6, 6.07) is 10.8. The van der Waals surface area contributed by atoms with Crippen LogP contribution in [-0.2, 0) is 17.7 Å². The highest BCUT2D eigenvalue weighted by atomic mass is 19.1. The minimum absolute atomic E-state index is 0.239. The fourth-order valence-corrected chi connectivity index (χ4v) is 2.28. The van der Waals surface area contributed by atoms with Gasteiger partial charge in [-0.15, -0.1) is 0 Å². The molecule has 2 aromatic carbocycles. The average Bonchev–Trinajstić information content (AvgIpc) is 2.57. The summed E-state index contributed by atoms with van der Waals surface area (Å²) in [6.45, 7) is 1.05. The zero-order valence-electron chi connectivity index (χ0n) is 12.9. The Bertz CT molecular complexity index is 674. The molecule has 0 saturated heterocycles.